The Morgan fingerprint density at radius 3 is 2.59 bits per heavy atom. The molecule has 1 amide bonds. The van der Waals surface area contributed by atoms with Crippen molar-refractivity contribution in [2.24, 2.45) is 23.7 Å². The Kier molecular flexibility index (Phi) is 3.74. The second kappa shape index (κ2) is 5.57. The molecule has 0 spiro atoms. The Bertz CT molecular complexity index is 665. The van der Waals surface area contributed by atoms with Gasteiger partial charge in [-0.15, -0.1) is 11.3 Å². The van der Waals surface area contributed by atoms with E-state index in [0.717, 1.165) is 0 Å². The van der Waals surface area contributed by atoms with Gasteiger partial charge in [-0.25, -0.2) is 4.79 Å². The van der Waals surface area contributed by atoms with Crippen molar-refractivity contribution < 1.29 is 24.2 Å². The summed E-state index contributed by atoms with van der Waals surface area (Å²) in [6.45, 7) is 0. The zero-order valence-electron chi connectivity index (χ0n) is 11.8. The van der Waals surface area contributed by atoms with Gasteiger partial charge in [0.1, 0.15) is 4.88 Å². The summed E-state index contributed by atoms with van der Waals surface area (Å²) in [5, 5.41) is 13.7. The van der Waals surface area contributed by atoms with Crippen molar-refractivity contribution in [1.82, 2.24) is 0 Å². The number of anilines is 1. The zero-order valence-corrected chi connectivity index (χ0v) is 12.6. The monoisotopic (exact) mass is 321 g/mol. The minimum Gasteiger partial charge on any atom is -0.481 e. The summed E-state index contributed by atoms with van der Waals surface area (Å²) >= 11 is 1.17. The third kappa shape index (κ3) is 2.31. The second-order valence-electron chi connectivity index (χ2n) is 5.48. The molecule has 1 aromatic rings. The Hall–Kier alpha value is -2.15. The van der Waals surface area contributed by atoms with Crippen LogP contribution in [0.1, 0.15) is 16.1 Å². The average Bonchev–Trinajstić information content (AvgIpc) is 3.20. The SMILES string of the molecule is COC(=O)c1sccc1NC(=O)[C@H]1[C@H](C(=O)O)[C@H]2C=C[C@H]1C2. The first kappa shape index (κ1) is 14.8. The molecule has 2 N–H and O–H groups in total. The molecule has 1 saturated carbocycles. The average molecular weight is 321 g/mol. The first-order valence-corrected chi connectivity index (χ1v) is 7.78. The highest BCUT2D eigenvalue weighted by molar-refractivity contribution is 7.12. The summed E-state index contributed by atoms with van der Waals surface area (Å²) in [5.41, 5.74) is 0.373. The largest absolute Gasteiger partial charge is 0.481 e. The molecular formula is C15H15NO5S. The molecule has 6 nitrogen and oxygen atoms in total. The van der Waals surface area contributed by atoms with E-state index in [1.165, 1.54) is 18.4 Å². The lowest BCUT2D eigenvalue weighted by atomic mass is 9.82. The summed E-state index contributed by atoms with van der Waals surface area (Å²) in [4.78, 5) is 35.9. The maximum atomic E-state index is 12.5. The number of carboxylic acid groups (broad SMARTS) is 1. The van der Waals surface area contributed by atoms with Crippen molar-refractivity contribution >= 4 is 34.9 Å². The fourth-order valence-electron chi connectivity index (χ4n) is 3.39. The molecule has 2 bridgehead atoms. The first-order valence-electron chi connectivity index (χ1n) is 6.90. The molecule has 0 aromatic carbocycles. The molecule has 2 aliphatic rings. The molecule has 0 aliphatic heterocycles. The highest BCUT2D eigenvalue weighted by Crippen LogP contribution is 2.48. The highest BCUT2D eigenvalue weighted by Gasteiger charge is 2.51. The van der Waals surface area contributed by atoms with Crippen molar-refractivity contribution in [3.05, 3.63) is 28.5 Å². The van der Waals surface area contributed by atoms with E-state index in [9.17, 15) is 19.5 Å². The zero-order chi connectivity index (χ0) is 15.9. The molecule has 116 valence electrons. The van der Waals surface area contributed by atoms with Gasteiger partial charge in [-0.05, 0) is 29.7 Å². The highest BCUT2D eigenvalue weighted by atomic mass is 32.1. The quantitative estimate of drug-likeness (QED) is 0.653. The van der Waals surface area contributed by atoms with Gasteiger partial charge in [0.15, 0.2) is 0 Å². The van der Waals surface area contributed by atoms with Gasteiger partial charge in [0.2, 0.25) is 5.91 Å². The fraction of sp³-hybridized carbons (Fsp3) is 0.400. The van der Waals surface area contributed by atoms with Crippen molar-refractivity contribution in [2.75, 3.05) is 12.4 Å². The predicted molar refractivity (Wildman–Crippen MR) is 79.6 cm³/mol. The number of hydrogen-bond acceptors (Lipinski definition) is 5. The van der Waals surface area contributed by atoms with Crippen LogP contribution < -0.4 is 5.32 Å². The number of thiophene rings is 1. The molecule has 1 fully saturated rings. The number of methoxy groups -OCH3 is 1. The van der Waals surface area contributed by atoms with E-state index in [4.69, 9.17) is 0 Å². The van der Waals surface area contributed by atoms with Gasteiger partial charge in [0.25, 0.3) is 0 Å². The summed E-state index contributed by atoms with van der Waals surface area (Å²) < 4.78 is 4.67. The number of esters is 1. The Morgan fingerprint density at radius 1 is 1.27 bits per heavy atom. The number of fused-ring (bicyclic) bond motifs is 2. The second-order valence-corrected chi connectivity index (χ2v) is 6.40. The number of rotatable bonds is 4. The molecule has 0 radical (unpaired) electrons. The third-order valence-corrected chi connectivity index (χ3v) is 5.24. The molecular weight excluding hydrogens is 306 g/mol. The molecule has 0 unspecified atom stereocenters. The number of ether oxygens (including phenoxy) is 1. The molecule has 22 heavy (non-hydrogen) atoms. The minimum absolute atomic E-state index is 0.0497. The Morgan fingerprint density at radius 2 is 1.95 bits per heavy atom. The molecule has 1 aromatic heterocycles. The van der Waals surface area contributed by atoms with Gasteiger partial charge in [-0.1, -0.05) is 12.2 Å². The minimum atomic E-state index is -0.949. The summed E-state index contributed by atoms with van der Waals surface area (Å²) in [7, 11) is 1.27. The third-order valence-electron chi connectivity index (χ3n) is 4.34. The van der Waals surface area contributed by atoms with E-state index in [1.54, 1.807) is 11.4 Å². The maximum absolute atomic E-state index is 12.5. The van der Waals surface area contributed by atoms with Crippen molar-refractivity contribution in [3.8, 4) is 0 Å². The van der Waals surface area contributed by atoms with Crippen molar-refractivity contribution in [3.63, 3.8) is 0 Å². The number of nitrogens with one attached hydrogen (secondary N) is 1. The van der Waals surface area contributed by atoms with E-state index < -0.39 is 23.8 Å². The van der Waals surface area contributed by atoms with Crippen LogP contribution in [-0.4, -0.2) is 30.1 Å². The number of carbonyl (C=O) groups excluding carboxylic acids is 2. The van der Waals surface area contributed by atoms with Gasteiger partial charge < -0.3 is 15.2 Å². The lowest BCUT2D eigenvalue weighted by Gasteiger charge is -2.23. The van der Waals surface area contributed by atoms with Gasteiger partial charge in [-0.3, -0.25) is 9.59 Å². The molecule has 7 heteroatoms. The van der Waals surface area contributed by atoms with Gasteiger partial charge in [-0.2, -0.15) is 0 Å². The van der Waals surface area contributed by atoms with Gasteiger partial charge in [0.05, 0.1) is 24.6 Å². The van der Waals surface area contributed by atoms with Crippen LogP contribution in [0.3, 0.4) is 0 Å². The predicted octanol–water partition coefficient (Wildman–Crippen LogP) is 2.00. The first-order chi connectivity index (χ1) is 10.5. The smallest absolute Gasteiger partial charge is 0.350 e. The number of hydrogen-bond donors (Lipinski definition) is 2. The number of carbonyl (C=O) groups is 3. The lowest BCUT2D eigenvalue weighted by Crippen LogP contribution is -2.36. The van der Waals surface area contributed by atoms with E-state index in [-0.39, 0.29) is 17.7 Å². The number of aliphatic carboxylic acids is 1. The van der Waals surface area contributed by atoms with Crippen molar-refractivity contribution in [2.45, 2.75) is 6.42 Å². The van der Waals surface area contributed by atoms with Crippen LogP contribution in [0.2, 0.25) is 0 Å². The van der Waals surface area contributed by atoms with Crippen LogP contribution in [0, 0.1) is 23.7 Å². The van der Waals surface area contributed by atoms with Crippen LogP contribution >= 0.6 is 11.3 Å². The molecule has 4 atom stereocenters. The topological polar surface area (TPSA) is 92.7 Å². The Labute approximate surface area is 130 Å². The molecule has 2 aliphatic carbocycles. The summed E-state index contributed by atoms with van der Waals surface area (Å²) in [6, 6.07) is 1.62. The van der Waals surface area contributed by atoms with Crippen LogP contribution in [0.5, 0.6) is 0 Å². The standard InChI is InChI=1S/C15H15NO5S/c1-21-15(20)12-9(4-5-22-12)16-13(17)10-7-2-3-8(6-7)11(10)14(18)19/h2-5,7-8,10-11H,6H2,1H3,(H,16,17)(H,18,19)/t7-,8-,10+,11+/m0/s1. The van der Waals surface area contributed by atoms with Crippen molar-refractivity contribution in [1.29, 1.82) is 0 Å². The van der Waals surface area contributed by atoms with Crippen LogP contribution in [0.25, 0.3) is 0 Å². The maximum Gasteiger partial charge on any atom is 0.350 e. The van der Waals surface area contributed by atoms with Crippen LogP contribution in [0.4, 0.5) is 5.69 Å². The van der Waals surface area contributed by atoms with E-state index >= 15 is 0 Å². The van der Waals surface area contributed by atoms with E-state index in [2.05, 4.69) is 10.1 Å². The number of amides is 1. The lowest BCUT2D eigenvalue weighted by molar-refractivity contribution is -0.146. The molecule has 1 heterocycles. The fourth-order valence-corrected chi connectivity index (χ4v) is 4.16. The van der Waals surface area contributed by atoms with Gasteiger partial charge in [0, 0.05) is 0 Å². The van der Waals surface area contributed by atoms with Gasteiger partial charge >= 0.3 is 11.9 Å². The summed E-state index contributed by atoms with van der Waals surface area (Å²) in [6.07, 6.45) is 4.50. The number of carboxylic acids is 1. The number of allylic oxidation sites excluding steroid dienone is 2. The summed E-state index contributed by atoms with van der Waals surface area (Å²) in [5.74, 6) is -3.25. The Balaban J connectivity index is 1.80. The normalized spacial score (nSPS) is 28.6. The van der Waals surface area contributed by atoms with E-state index in [1.807, 2.05) is 12.2 Å². The molecule has 3 rings (SSSR count). The van der Waals surface area contributed by atoms with Crippen LogP contribution in [-0.2, 0) is 14.3 Å². The van der Waals surface area contributed by atoms with E-state index in [0.29, 0.717) is 17.0 Å². The van der Waals surface area contributed by atoms with Crippen LogP contribution in [0.15, 0.2) is 23.6 Å². The molecule has 0 saturated heterocycles.